The van der Waals surface area contributed by atoms with Crippen molar-refractivity contribution in [2.24, 2.45) is 0 Å². The van der Waals surface area contributed by atoms with E-state index in [1.807, 2.05) is 19.1 Å². The first-order valence-corrected chi connectivity index (χ1v) is 9.37. The molecule has 2 N–H and O–H groups in total. The number of halogens is 5. The van der Waals surface area contributed by atoms with E-state index in [0.29, 0.717) is 11.6 Å². The monoisotopic (exact) mass is 436 g/mol. The summed E-state index contributed by atoms with van der Waals surface area (Å²) in [5.41, 5.74) is 1.01. The number of aromatic nitrogens is 2. The zero-order chi connectivity index (χ0) is 22.3. The zero-order valence-electron chi connectivity index (χ0n) is 16.2. The fourth-order valence-electron chi connectivity index (χ4n) is 3.48. The van der Waals surface area contributed by atoms with Crippen molar-refractivity contribution >= 4 is 17.4 Å². The topological polar surface area (TPSA) is 59.0 Å². The highest BCUT2D eigenvalue weighted by atomic mass is 19.4. The molecule has 5 nitrogen and oxygen atoms in total. The SMILES string of the molecule is Cc1ccc([C@H]2C[C@H](C(F)(F)F)n3nc(C(=O)Nc4ccc(F)cc4F)cc3N2)cc1. The number of carbonyl (C=O) groups excluding carboxylic acids is 1. The van der Waals surface area contributed by atoms with Crippen molar-refractivity contribution in [1.29, 1.82) is 0 Å². The number of fused-ring (bicyclic) bond motifs is 1. The van der Waals surface area contributed by atoms with Gasteiger partial charge in [0.2, 0.25) is 0 Å². The Labute approximate surface area is 173 Å². The predicted octanol–water partition coefficient (Wildman–Crippen LogP) is 5.38. The number of nitrogens with one attached hydrogen (secondary N) is 2. The van der Waals surface area contributed by atoms with Crippen LogP contribution in [0.1, 0.15) is 40.1 Å². The number of benzene rings is 2. The van der Waals surface area contributed by atoms with E-state index in [1.54, 1.807) is 12.1 Å². The lowest BCUT2D eigenvalue weighted by molar-refractivity contribution is -0.173. The Balaban J connectivity index is 1.64. The summed E-state index contributed by atoms with van der Waals surface area (Å²) in [5.74, 6) is -2.73. The molecule has 0 fully saturated rings. The maximum Gasteiger partial charge on any atom is 0.410 e. The van der Waals surface area contributed by atoms with Crippen molar-refractivity contribution in [2.75, 3.05) is 10.6 Å². The van der Waals surface area contributed by atoms with Gasteiger partial charge < -0.3 is 10.6 Å². The zero-order valence-corrected chi connectivity index (χ0v) is 16.2. The molecular formula is C21H17F5N4O. The molecule has 0 bridgehead atoms. The molecule has 31 heavy (non-hydrogen) atoms. The number of hydrogen-bond donors (Lipinski definition) is 2. The number of aryl methyl sites for hydroxylation is 1. The van der Waals surface area contributed by atoms with Crippen LogP contribution < -0.4 is 10.6 Å². The molecule has 0 saturated carbocycles. The Morgan fingerprint density at radius 1 is 1.13 bits per heavy atom. The normalized spacial score (nSPS) is 18.3. The summed E-state index contributed by atoms with van der Waals surface area (Å²) in [6.07, 6.45) is -4.91. The van der Waals surface area contributed by atoms with E-state index < -0.39 is 35.8 Å². The van der Waals surface area contributed by atoms with E-state index in [4.69, 9.17) is 0 Å². The molecule has 1 aromatic heterocycles. The third-order valence-electron chi connectivity index (χ3n) is 5.08. The molecule has 10 heteroatoms. The highest BCUT2D eigenvalue weighted by Gasteiger charge is 2.46. The molecule has 1 amide bonds. The Hall–Kier alpha value is -3.43. The molecule has 0 saturated heterocycles. The number of nitrogens with zero attached hydrogens (tertiary/aromatic N) is 2. The lowest BCUT2D eigenvalue weighted by Gasteiger charge is -2.33. The number of alkyl halides is 3. The minimum atomic E-state index is -4.59. The molecule has 4 rings (SSSR count). The third-order valence-corrected chi connectivity index (χ3v) is 5.08. The Bertz CT molecular complexity index is 1120. The summed E-state index contributed by atoms with van der Waals surface area (Å²) < 4.78 is 68.8. The van der Waals surface area contributed by atoms with Crippen molar-refractivity contribution in [2.45, 2.75) is 31.6 Å². The molecule has 0 radical (unpaired) electrons. The largest absolute Gasteiger partial charge is 0.410 e. The molecule has 3 aromatic rings. The molecule has 1 aliphatic heterocycles. The second-order valence-electron chi connectivity index (χ2n) is 7.34. The summed E-state index contributed by atoms with van der Waals surface area (Å²) in [4.78, 5) is 12.5. The quantitative estimate of drug-likeness (QED) is 0.542. The first kappa shape index (κ1) is 20.8. The maximum atomic E-state index is 13.8. The molecular weight excluding hydrogens is 419 g/mol. The van der Waals surface area contributed by atoms with Gasteiger partial charge in [-0.2, -0.15) is 18.3 Å². The van der Waals surface area contributed by atoms with E-state index in [1.165, 1.54) is 6.07 Å². The van der Waals surface area contributed by atoms with Crippen LogP contribution >= 0.6 is 0 Å². The molecule has 0 spiro atoms. The van der Waals surface area contributed by atoms with Gasteiger partial charge in [0.25, 0.3) is 5.91 Å². The average molecular weight is 436 g/mol. The summed E-state index contributed by atoms with van der Waals surface area (Å²) in [6, 6.07) is 8.25. The molecule has 2 atom stereocenters. The Morgan fingerprint density at radius 3 is 2.48 bits per heavy atom. The third kappa shape index (κ3) is 4.23. The van der Waals surface area contributed by atoms with Gasteiger partial charge in [-0.15, -0.1) is 0 Å². The highest BCUT2D eigenvalue weighted by molar-refractivity contribution is 6.03. The van der Waals surface area contributed by atoms with Gasteiger partial charge >= 0.3 is 6.18 Å². The van der Waals surface area contributed by atoms with Crippen LogP contribution in [-0.4, -0.2) is 21.9 Å². The number of amides is 1. The van der Waals surface area contributed by atoms with Gasteiger partial charge in [-0.3, -0.25) is 4.79 Å². The van der Waals surface area contributed by atoms with E-state index >= 15 is 0 Å². The van der Waals surface area contributed by atoms with Crippen molar-refractivity contribution < 1.29 is 26.7 Å². The van der Waals surface area contributed by atoms with Crippen LogP contribution in [0.2, 0.25) is 0 Å². The first-order valence-electron chi connectivity index (χ1n) is 9.37. The second-order valence-corrected chi connectivity index (χ2v) is 7.34. The molecule has 162 valence electrons. The highest BCUT2D eigenvalue weighted by Crippen LogP contribution is 2.43. The molecule has 0 aliphatic carbocycles. The van der Waals surface area contributed by atoms with Gasteiger partial charge in [-0.25, -0.2) is 13.5 Å². The molecule has 2 aromatic carbocycles. The fraction of sp³-hybridized carbons (Fsp3) is 0.238. The fourth-order valence-corrected chi connectivity index (χ4v) is 3.48. The summed E-state index contributed by atoms with van der Waals surface area (Å²) in [5, 5.41) is 9.00. The summed E-state index contributed by atoms with van der Waals surface area (Å²) in [6.45, 7) is 1.88. The van der Waals surface area contributed by atoms with E-state index in [-0.39, 0.29) is 23.6 Å². The van der Waals surface area contributed by atoms with Crippen LogP contribution in [-0.2, 0) is 0 Å². The smallest absolute Gasteiger partial charge is 0.363 e. The van der Waals surface area contributed by atoms with Crippen LogP contribution in [0.15, 0.2) is 48.5 Å². The average Bonchev–Trinajstić information content (AvgIpc) is 3.13. The van der Waals surface area contributed by atoms with Crippen LogP contribution in [0.25, 0.3) is 0 Å². The van der Waals surface area contributed by atoms with E-state index in [0.717, 1.165) is 22.4 Å². The van der Waals surface area contributed by atoms with Crippen LogP contribution in [0.4, 0.5) is 33.5 Å². The minimum Gasteiger partial charge on any atom is -0.363 e. The predicted molar refractivity (Wildman–Crippen MR) is 104 cm³/mol. The van der Waals surface area contributed by atoms with Crippen molar-refractivity contribution in [1.82, 2.24) is 9.78 Å². The van der Waals surface area contributed by atoms with E-state index in [9.17, 15) is 26.7 Å². The van der Waals surface area contributed by atoms with Crippen molar-refractivity contribution in [3.05, 3.63) is 77.0 Å². The van der Waals surface area contributed by atoms with Gasteiger partial charge in [0.15, 0.2) is 11.7 Å². The van der Waals surface area contributed by atoms with Crippen molar-refractivity contribution in [3.8, 4) is 0 Å². The number of rotatable bonds is 3. The van der Waals surface area contributed by atoms with Crippen LogP contribution in [0.5, 0.6) is 0 Å². The minimum absolute atomic E-state index is 0.0175. The standard InChI is InChI=1S/C21H17F5N4O/c1-11-2-4-12(5-3-11)16-9-18(21(24,25)26)30-19(27-16)10-17(29-30)20(31)28-15-7-6-13(22)8-14(15)23/h2-8,10,16,18,27H,9H2,1H3,(H,28,31)/t16-,18-/m1/s1. The van der Waals surface area contributed by atoms with Gasteiger partial charge in [0.1, 0.15) is 17.5 Å². The Kier molecular flexibility index (Phi) is 5.16. The molecule has 0 unspecified atom stereocenters. The van der Waals surface area contributed by atoms with Gasteiger partial charge in [0, 0.05) is 18.6 Å². The number of hydrogen-bond acceptors (Lipinski definition) is 3. The first-order chi connectivity index (χ1) is 14.6. The Morgan fingerprint density at radius 2 is 1.84 bits per heavy atom. The number of carbonyl (C=O) groups is 1. The second kappa shape index (κ2) is 7.68. The number of anilines is 2. The molecule has 1 aliphatic rings. The van der Waals surface area contributed by atoms with Crippen LogP contribution in [0.3, 0.4) is 0 Å². The van der Waals surface area contributed by atoms with Crippen LogP contribution in [0, 0.1) is 18.6 Å². The lowest BCUT2D eigenvalue weighted by Crippen LogP contribution is -2.35. The maximum absolute atomic E-state index is 13.8. The van der Waals surface area contributed by atoms with Gasteiger partial charge in [0.05, 0.1) is 11.7 Å². The van der Waals surface area contributed by atoms with Gasteiger partial charge in [-0.05, 0) is 24.6 Å². The van der Waals surface area contributed by atoms with E-state index in [2.05, 4.69) is 15.7 Å². The van der Waals surface area contributed by atoms with Gasteiger partial charge in [-0.1, -0.05) is 29.8 Å². The van der Waals surface area contributed by atoms with Crippen molar-refractivity contribution in [3.63, 3.8) is 0 Å². The lowest BCUT2D eigenvalue weighted by atomic mass is 9.96. The summed E-state index contributed by atoms with van der Waals surface area (Å²) >= 11 is 0. The summed E-state index contributed by atoms with van der Waals surface area (Å²) in [7, 11) is 0. The molecule has 2 heterocycles.